The fraction of sp³-hybridized carbons (Fsp3) is 0.278. The molecule has 0 unspecified atom stereocenters. The van der Waals surface area contributed by atoms with Gasteiger partial charge in [-0.2, -0.15) is 0 Å². The van der Waals surface area contributed by atoms with Gasteiger partial charge in [0.25, 0.3) is 0 Å². The zero-order chi connectivity index (χ0) is 17.1. The van der Waals surface area contributed by atoms with E-state index >= 15 is 0 Å². The van der Waals surface area contributed by atoms with Gasteiger partial charge < -0.3 is 10.6 Å². The summed E-state index contributed by atoms with van der Waals surface area (Å²) in [6.45, 7) is 4.75. The molecule has 2 aromatic heterocycles. The van der Waals surface area contributed by atoms with Crippen LogP contribution >= 0.6 is 0 Å². The number of anilines is 2. The molecule has 0 spiro atoms. The van der Waals surface area contributed by atoms with E-state index in [9.17, 15) is 0 Å². The molecule has 0 amide bonds. The molecule has 7 nitrogen and oxygen atoms in total. The number of piperazine rings is 1. The van der Waals surface area contributed by atoms with Crippen molar-refractivity contribution < 1.29 is 0 Å². The van der Waals surface area contributed by atoms with Crippen molar-refractivity contribution in [2.75, 3.05) is 36.8 Å². The number of nitrogens with two attached hydrogens (primary N) is 1. The van der Waals surface area contributed by atoms with E-state index in [2.05, 4.69) is 55.1 Å². The van der Waals surface area contributed by atoms with Crippen LogP contribution in [0.25, 0.3) is 5.82 Å². The predicted molar refractivity (Wildman–Crippen MR) is 97.5 cm³/mol. The summed E-state index contributed by atoms with van der Waals surface area (Å²) in [5, 5.41) is 0. The van der Waals surface area contributed by atoms with Crippen LogP contribution in [-0.4, -0.2) is 50.6 Å². The maximum absolute atomic E-state index is 6.33. The van der Waals surface area contributed by atoms with Crippen molar-refractivity contribution in [2.24, 2.45) is 0 Å². The Morgan fingerprint density at radius 2 is 1.72 bits per heavy atom. The van der Waals surface area contributed by atoms with Crippen LogP contribution < -0.4 is 10.6 Å². The molecule has 0 aliphatic carbocycles. The number of nitrogen functional groups attached to an aromatic ring is 1. The van der Waals surface area contributed by atoms with Crippen LogP contribution in [0.4, 0.5) is 11.5 Å². The van der Waals surface area contributed by atoms with E-state index < -0.39 is 0 Å². The lowest BCUT2D eigenvalue weighted by Gasteiger charge is -2.36. The van der Waals surface area contributed by atoms with E-state index in [1.54, 1.807) is 18.9 Å². The molecule has 3 heterocycles. The Kier molecular flexibility index (Phi) is 4.30. The van der Waals surface area contributed by atoms with Crippen molar-refractivity contribution in [3.8, 4) is 5.82 Å². The van der Waals surface area contributed by atoms with Crippen LogP contribution in [0.3, 0.4) is 0 Å². The van der Waals surface area contributed by atoms with E-state index in [4.69, 9.17) is 5.73 Å². The summed E-state index contributed by atoms with van der Waals surface area (Å²) in [4.78, 5) is 17.5. The van der Waals surface area contributed by atoms with Gasteiger partial charge in [-0.15, -0.1) is 0 Å². The summed E-state index contributed by atoms with van der Waals surface area (Å²) in [5.41, 5.74) is 8.28. The molecule has 1 saturated heterocycles. The van der Waals surface area contributed by atoms with Gasteiger partial charge in [0, 0.05) is 45.1 Å². The first-order chi connectivity index (χ1) is 12.3. The molecule has 25 heavy (non-hydrogen) atoms. The van der Waals surface area contributed by atoms with Crippen LogP contribution in [-0.2, 0) is 6.54 Å². The maximum Gasteiger partial charge on any atom is 0.166 e. The lowest BCUT2D eigenvalue weighted by atomic mass is 10.2. The molecular weight excluding hydrogens is 314 g/mol. The molecule has 3 aromatic rings. The molecule has 128 valence electrons. The molecule has 0 radical (unpaired) electrons. The topological polar surface area (TPSA) is 76.1 Å². The second-order valence-electron chi connectivity index (χ2n) is 6.15. The summed E-state index contributed by atoms with van der Waals surface area (Å²) in [5.74, 6) is 1.48. The number of hydrogen-bond donors (Lipinski definition) is 1. The number of hydrogen-bond acceptors (Lipinski definition) is 6. The summed E-state index contributed by atoms with van der Waals surface area (Å²) in [6.07, 6.45) is 6.81. The van der Waals surface area contributed by atoms with Gasteiger partial charge in [-0.05, 0) is 5.56 Å². The average molecular weight is 335 g/mol. The lowest BCUT2D eigenvalue weighted by Crippen LogP contribution is -2.46. The van der Waals surface area contributed by atoms with Crippen LogP contribution in [0.2, 0.25) is 0 Å². The van der Waals surface area contributed by atoms with Crippen molar-refractivity contribution in [1.29, 1.82) is 0 Å². The smallest absolute Gasteiger partial charge is 0.166 e. The molecule has 1 aliphatic heterocycles. The number of imidazole rings is 1. The van der Waals surface area contributed by atoms with E-state index in [0.29, 0.717) is 11.5 Å². The quantitative estimate of drug-likeness (QED) is 0.780. The third-order valence-electron chi connectivity index (χ3n) is 4.51. The van der Waals surface area contributed by atoms with Crippen molar-refractivity contribution in [2.45, 2.75) is 6.54 Å². The Labute approximate surface area is 146 Å². The standard InChI is InChI=1S/C18H21N7/c19-16-17(21-13-22-18(16)25-7-6-20-14-25)24-10-8-23(9-11-24)12-15-4-2-1-3-5-15/h1-7,13-14H,8-12,19H2. The Morgan fingerprint density at radius 1 is 0.960 bits per heavy atom. The van der Waals surface area contributed by atoms with Crippen molar-refractivity contribution >= 4 is 11.5 Å². The highest BCUT2D eigenvalue weighted by molar-refractivity contribution is 5.70. The minimum absolute atomic E-state index is 0.594. The van der Waals surface area contributed by atoms with Crippen LogP contribution in [0.15, 0.2) is 55.4 Å². The molecule has 2 N–H and O–H groups in total. The summed E-state index contributed by atoms with van der Waals surface area (Å²) >= 11 is 0. The third-order valence-corrected chi connectivity index (χ3v) is 4.51. The van der Waals surface area contributed by atoms with E-state index in [-0.39, 0.29) is 0 Å². The first kappa shape index (κ1) is 15.6. The fourth-order valence-electron chi connectivity index (χ4n) is 3.18. The monoisotopic (exact) mass is 335 g/mol. The summed E-state index contributed by atoms with van der Waals surface area (Å²) in [7, 11) is 0. The largest absolute Gasteiger partial charge is 0.393 e. The van der Waals surface area contributed by atoms with Gasteiger partial charge >= 0.3 is 0 Å². The predicted octanol–water partition coefficient (Wildman–Crippen LogP) is 1.57. The Balaban J connectivity index is 1.45. The van der Waals surface area contributed by atoms with E-state index in [1.165, 1.54) is 5.56 Å². The second-order valence-corrected chi connectivity index (χ2v) is 6.15. The van der Waals surface area contributed by atoms with E-state index in [1.807, 2.05) is 10.8 Å². The number of aromatic nitrogens is 4. The Morgan fingerprint density at radius 3 is 2.44 bits per heavy atom. The molecule has 1 aromatic carbocycles. The molecule has 4 rings (SSSR count). The van der Waals surface area contributed by atoms with Crippen LogP contribution in [0.5, 0.6) is 0 Å². The van der Waals surface area contributed by atoms with Gasteiger partial charge in [0.1, 0.15) is 18.3 Å². The zero-order valence-corrected chi connectivity index (χ0v) is 14.0. The SMILES string of the molecule is Nc1c(N2CCN(Cc3ccccc3)CC2)ncnc1-n1ccnc1. The zero-order valence-electron chi connectivity index (χ0n) is 14.0. The second kappa shape index (κ2) is 6.90. The van der Waals surface area contributed by atoms with Gasteiger partial charge in [0.2, 0.25) is 0 Å². The van der Waals surface area contributed by atoms with Gasteiger partial charge in [-0.3, -0.25) is 9.47 Å². The summed E-state index contributed by atoms with van der Waals surface area (Å²) in [6, 6.07) is 10.6. The lowest BCUT2D eigenvalue weighted by molar-refractivity contribution is 0.249. The normalized spacial score (nSPS) is 15.4. The third kappa shape index (κ3) is 3.32. The van der Waals surface area contributed by atoms with E-state index in [0.717, 1.165) is 38.5 Å². The summed E-state index contributed by atoms with van der Waals surface area (Å²) < 4.78 is 1.81. The highest BCUT2D eigenvalue weighted by Gasteiger charge is 2.21. The van der Waals surface area contributed by atoms with Crippen LogP contribution in [0.1, 0.15) is 5.56 Å². The average Bonchev–Trinajstić information content (AvgIpc) is 3.18. The van der Waals surface area contributed by atoms with Gasteiger partial charge in [-0.25, -0.2) is 15.0 Å². The Bertz CT molecular complexity index is 809. The fourth-order valence-corrected chi connectivity index (χ4v) is 3.18. The Hall–Kier alpha value is -2.93. The molecule has 0 atom stereocenters. The molecule has 0 saturated carbocycles. The first-order valence-electron chi connectivity index (χ1n) is 8.41. The van der Waals surface area contributed by atoms with Gasteiger partial charge in [0.15, 0.2) is 11.6 Å². The highest BCUT2D eigenvalue weighted by atomic mass is 15.3. The van der Waals surface area contributed by atoms with Crippen molar-refractivity contribution in [1.82, 2.24) is 24.4 Å². The van der Waals surface area contributed by atoms with Crippen molar-refractivity contribution in [3.63, 3.8) is 0 Å². The van der Waals surface area contributed by atoms with Crippen LogP contribution in [0, 0.1) is 0 Å². The molecule has 0 bridgehead atoms. The number of benzene rings is 1. The number of rotatable bonds is 4. The molecule has 1 aliphatic rings. The first-order valence-corrected chi connectivity index (χ1v) is 8.41. The maximum atomic E-state index is 6.33. The van der Waals surface area contributed by atoms with Gasteiger partial charge in [-0.1, -0.05) is 30.3 Å². The molecule has 7 heteroatoms. The molecular formula is C18H21N7. The van der Waals surface area contributed by atoms with Gasteiger partial charge in [0.05, 0.1) is 0 Å². The number of nitrogens with zero attached hydrogens (tertiary/aromatic N) is 6. The van der Waals surface area contributed by atoms with Crippen molar-refractivity contribution in [3.05, 3.63) is 60.9 Å². The minimum atomic E-state index is 0.594. The minimum Gasteiger partial charge on any atom is -0.393 e. The highest BCUT2D eigenvalue weighted by Crippen LogP contribution is 2.26. The molecule has 1 fully saturated rings.